The van der Waals surface area contributed by atoms with Crippen LogP contribution in [0.15, 0.2) is 0 Å². The summed E-state index contributed by atoms with van der Waals surface area (Å²) in [4.78, 5) is 2.03. The van der Waals surface area contributed by atoms with Crippen LogP contribution >= 0.6 is 0 Å². The van der Waals surface area contributed by atoms with Crippen molar-refractivity contribution in [1.29, 1.82) is 0 Å². The number of terminal acetylenes is 1. The molecule has 12 heavy (non-hydrogen) atoms. The molecule has 0 bridgehead atoms. The molecule has 3 nitrogen and oxygen atoms in total. The maximum Gasteiger partial charge on any atom is 0.0596 e. The molecule has 2 N–H and O–H groups in total. The molecule has 0 heterocycles. The Morgan fingerprint density at radius 1 is 1.67 bits per heavy atom. The van der Waals surface area contributed by atoms with Gasteiger partial charge in [0.15, 0.2) is 0 Å². The van der Waals surface area contributed by atoms with Gasteiger partial charge in [0, 0.05) is 26.3 Å². The zero-order valence-electron chi connectivity index (χ0n) is 7.92. The maximum absolute atomic E-state index is 5.80. The number of hydrogen-bond acceptors (Lipinski definition) is 3. The monoisotopic (exact) mass is 170 g/mol. The van der Waals surface area contributed by atoms with Gasteiger partial charge in [-0.05, 0) is 13.5 Å². The van der Waals surface area contributed by atoms with E-state index >= 15 is 0 Å². The predicted octanol–water partition coefficient (Wildman–Crippen LogP) is -0.0848. The standard InChI is InChI=1S/C9H18N2O/c1-4-6-11(2)8-9(10)5-7-12-3/h1,9H,5-8,10H2,2-3H3. The summed E-state index contributed by atoms with van der Waals surface area (Å²) in [6.45, 7) is 2.19. The van der Waals surface area contributed by atoms with E-state index in [0.717, 1.165) is 13.0 Å². The fraction of sp³-hybridized carbons (Fsp3) is 0.778. The fourth-order valence-electron chi connectivity index (χ4n) is 0.981. The average molecular weight is 170 g/mol. The second kappa shape index (κ2) is 7.11. The Morgan fingerprint density at radius 2 is 2.33 bits per heavy atom. The third-order valence-electron chi connectivity index (χ3n) is 1.60. The first-order chi connectivity index (χ1) is 5.70. The van der Waals surface area contributed by atoms with Crippen LogP contribution in [0.3, 0.4) is 0 Å². The van der Waals surface area contributed by atoms with E-state index in [1.807, 2.05) is 11.9 Å². The van der Waals surface area contributed by atoms with Crippen LogP contribution in [0.1, 0.15) is 6.42 Å². The highest BCUT2D eigenvalue weighted by molar-refractivity contribution is 4.87. The lowest BCUT2D eigenvalue weighted by Crippen LogP contribution is -2.36. The molecule has 0 saturated heterocycles. The smallest absolute Gasteiger partial charge is 0.0596 e. The van der Waals surface area contributed by atoms with Crippen LogP contribution in [0, 0.1) is 12.3 Å². The van der Waals surface area contributed by atoms with Crippen LogP contribution in [-0.2, 0) is 4.74 Å². The molecular weight excluding hydrogens is 152 g/mol. The topological polar surface area (TPSA) is 38.5 Å². The van der Waals surface area contributed by atoms with Gasteiger partial charge in [-0.1, -0.05) is 5.92 Å². The molecule has 0 aliphatic rings. The zero-order chi connectivity index (χ0) is 9.40. The van der Waals surface area contributed by atoms with Gasteiger partial charge in [0.1, 0.15) is 0 Å². The van der Waals surface area contributed by atoms with E-state index in [1.54, 1.807) is 7.11 Å². The minimum absolute atomic E-state index is 0.156. The van der Waals surface area contributed by atoms with E-state index in [2.05, 4.69) is 5.92 Å². The Balaban J connectivity index is 3.41. The number of methoxy groups -OCH3 is 1. The average Bonchev–Trinajstić information content (AvgIpc) is 2.01. The molecular formula is C9H18N2O. The minimum atomic E-state index is 0.156. The summed E-state index contributed by atoms with van der Waals surface area (Å²) in [6, 6.07) is 0.156. The molecule has 0 fully saturated rings. The third kappa shape index (κ3) is 6.17. The molecule has 0 amide bonds. The number of nitrogens with zero attached hydrogens (tertiary/aromatic N) is 1. The number of hydrogen-bond donors (Lipinski definition) is 1. The first-order valence-electron chi connectivity index (χ1n) is 4.07. The summed E-state index contributed by atoms with van der Waals surface area (Å²) < 4.78 is 4.92. The Labute approximate surface area is 74.9 Å². The summed E-state index contributed by atoms with van der Waals surface area (Å²) in [5.74, 6) is 2.57. The summed E-state index contributed by atoms with van der Waals surface area (Å²) in [6.07, 6.45) is 6.03. The van der Waals surface area contributed by atoms with Gasteiger partial charge in [0.05, 0.1) is 6.54 Å². The van der Waals surface area contributed by atoms with Crippen molar-refractivity contribution in [3.63, 3.8) is 0 Å². The number of rotatable bonds is 6. The van der Waals surface area contributed by atoms with Crippen molar-refractivity contribution in [3.05, 3.63) is 0 Å². The van der Waals surface area contributed by atoms with Crippen molar-refractivity contribution < 1.29 is 4.74 Å². The molecule has 0 aromatic rings. The van der Waals surface area contributed by atoms with Crippen LogP contribution in [0.5, 0.6) is 0 Å². The Morgan fingerprint density at radius 3 is 2.83 bits per heavy atom. The molecule has 0 aromatic heterocycles. The van der Waals surface area contributed by atoms with Gasteiger partial charge >= 0.3 is 0 Å². The second-order valence-corrected chi connectivity index (χ2v) is 2.94. The quantitative estimate of drug-likeness (QED) is 0.566. The maximum atomic E-state index is 5.80. The molecule has 0 radical (unpaired) electrons. The van der Waals surface area contributed by atoms with Gasteiger partial charge in [-0.3, -0.25) is 4.90 Å². The minimum Gasteiger partial charge on any atom is -0.385 e. The zero-order valence-corrected chi connectivity index (χ0v) is 7.92. The third-order valence-corrected chi connectivity index (χ3v) is 1.60. The van der Waals surface area contributed by atoms with Crippen LogP contribution in [-0.4, -0.2) is 44.8 Å². The highest BCUT2D eigenvalue weighted by Crippen LogP contribution is 1.91. The molecule has 3 heteroatoms. The molecule has 1 unspecified atom stereocenters. The van der Waals surface area contributed by atoms with Gasteiger partial charge in [0.2, 0.25) is 0 Å². The molecule has 0 rings (SSSR count). The van der Waals surface area contributed by atoms with Crippen LogP contribution in [0.25, 0.3) is 0 Å². The molecule has 70 valence electrons. The molecule has 0 spiro atoms. The lowest BCUT2D eigenvalue weighted by Gasteiger charge is -2.18. The van der Waals surface area contributed by atoms with E-state index in [4.69, 9.17) is 16.9 Å². The first-order valence-corrected chi connectivity index (χ1v) is 4.07. The molecule has 1 atom stereocenters. The molecule has 0 aliphatic carbocycles. The van der Waals surface area contributed by atoms with E-state index < -0.39 is 0 Å². The molecule has 0 aromatic carbocycles. The molecule has 0 saturated carbocycles. The highest BCUT2D eigenvalue weighted by atomic mass is 16.5. The van der Waals surface area contributed by atoms with Crippen LogP contribution in [0.4, 0.5) is 0 Å². The van der Waals surface area contributed by atoms with Crippen molar-refractivity contribution in [1.82, 2.24) is 4.90 Å². The number of ether oxygens (including phenoxy) is 1. The summed E-state index contributed by atoms with van der Waals surface area (Å²) in [5, 5.41) is 0. The highest BCUT2D eigenvalue weighted by Gasteiger charge is 2.04. The lowest BCUT2D eigenvalue weighted by molar-refractivity contribution is 0.181. The molecule has 0 aliphatic heterocycles. The normalized spacial score (nSPS) is 12.9. The van der Waals surface area contributed by atoms with Crippen LogP contribution in [0.2, 0.25) is 0 Å². The van der Waals surface area contributed by atoms with E-state index in [1.165, 1.54) is 0 Å². The number of nitrogens with two attached hydrogens (primary N) is 1. The van der Waals surface area contributed by atoms with Crippen molar-refractivity contribution in [3.8, 4) is 12.3 Å². The van der Waals surface area contributed by atoms with Gasteiger partial charge in [-0.2, -0.15) is 0 Å². The van der Waals surface area contributed by atoms with Gasteiger partial charge in [-0.15, -0.1) is 6.42 Å². The van der Waals surface area contributed by atoms with E-state index in [0.29, 0.717) is 13.2 Å². The van der Waals surface area contributed by atoms with E-state index in [9.17, 15) is 0 Å². The van der Waals surface area contributed by atoms with Gasteiger partial charge in [-0.25, -0.2) is 0 Å². The Kier molecular flexibility index (Phi) is 6.78. The SMILES string of the molecule is C#CCN(C)CC(N)CCOC. The Bertz CT molecular complexity index is 142. The summed E-state index contributed by atoms with van der Waals surface area (Å²) in [7, 11) is 3.64. The van der Waals surface area contributed by atoms with Crippen molar-refractivity contribution >= 4 is 0 Å². The number of likely N-dealkylation sites (N-methyl/N-ethyl adjacent to an activating group) is 1. The first kappa shape index (κ1) is 11.4. The van der Waals surface area contributed by atoms with Gasteiger partial charge < -0.3 is 10.5 Å². The fourth-order valence-corrected chi connectivity index (χ4v) is 0.981. The van der Waals surface area contributed by atoms with Crippen molar-refractivity contribution in [2.24, 2.45) is 5.73 Å². The summed E-state index contributed by atoms with van der Waals surface area (Å²) in [5.41, 5.74) is 5.80. The summed E-state index contributed by atoms with van der Waals surface area (Å²) >= 11 is 0. The van der Waals surface area contributed by atoms with E-state index in [-0.39, 0.29) is 6.04 Å². The van der Waals surface area contributed by atoms with Crippen LogP contribution < -0.4 is 5.73 Å². The Hall–Kier alpha value is -0.560. The lowest BCUT2D eigenvalue weighted by atomic mass is 10.2. The van der Waals surface area contributed by atoms with Gasteiger partial charge in [0.25, 0.3) is 0 Å². The predicted molar refractivity (Wildman–Crippen MR) is 50.8 cm³/mol. The van der Waals surface area contributed by atoms with Crippen molar-refractivity contribution in [2.75, 3.05) is 33.9 Å². The van der Waals surface area contributed by atoms with Crippen molar-refractivity contribution in [2.45, 2.75) is 12.5 Å². The largest absolute Gasteiger partial charge is 0.385 e. The second-order valence-electron chi connectivity index (χ2n) is 2.94.